The van der Waals surface area contributed by atoms with Crippen molar-refractivity contribution in [1.82, 2.24) is 9.97 Å². The third-order valence-electron chi connectivity index (χ3n) is 3.26. The van der Waals surface area contributed by atoms with Gasteiger partial charge in [0.05, 0.1) is 10.7 Å². The van der Waals surface area contributed by atoms with Crippen LogP contribution < -0.4 is 0 Å². The van der Waals surface area contributed by atoms with Gasteiger partial charge in [-0.3, -0.25) is 4.98 Å². The van der Waals surface area contributed by atoms with Crippen LogP contribution >= 0.6 is 11.3 Å². The van der Waals surface area contributed by atoms with Crippen molar-refractivity contribution in [3.63, 3.8) is 0 Å². The Bertz CT molecular complexity index is 535. The van der Waals surface area contributed by atoms with Gasteiger partial charge in [0.2, 0.25) is 0 Å². The van der Waals surface area contributed by atoms with E-state index in [4.69, 9.17) is 4.98 Å². The van der Waals surface area contributed by atoms with Gasteiger partial charge >= 0.3 is 0 Å². The van der Waals surface area contributed by atoms with E-state index < -0.39 is 0 Å². The summed E-state index contributed by atoms with van der Waals surface area (Å²) in [4.78, 5) is 9.01. The van der Waals surface area contributed by atoms with Crippen molar-refractivity contribution in [3.05, 3.63) is 46.2 Å². The maximum absolute atomic E-state index is 4.79. The van der Waals surface area contributed by atoms with Gasteiger partial charge < -0.3 is 0 Å². The van der Waals surface area contributed by atoms with Gasteiger partial charge in [0.1, 0.15) is 0 Å². The third kappa shape index (κ3) is 3.41. The van der Waals surface area contributed by atoms with E-state index in [-0.39, 0.29) is 10.8 Å². The number of rotatable bonds is 3. The molecule has 0 N–H and O–H groups in total. The number of hydrogen-bond donors (Lipinski definition) is 0. The fourth-order valence-corrected chi connectivity index (χ4v) is 2.96. The average Bonchev–Trinajstić information content (AvgIpc) is 2.78. The molecule has 0 radical (unpaired) electrons. The van der Waals surface area contributed by atoms with Gasteiger partial charge in [-0.15, -0.1) is 11.3 Å². The predicted octanol–water partition coefficient (Wildman–Crippen LogP) is 4.36. The predicted molar refractivity (Wildman–Crippen MR) is 81.8 cm³/mol. The largest absolute Gasteiger partial charge is 0.264 e. The molecule has 0 atom stereocenters. The summed E-state index contributed by atoms with van der Waals surface area (Å²) in [6, 6.07) is 4.14. The lowest BCUT2D eigenvalue weighted by molar-refractivity contribution is 0.510. The maximum atomic E-state index is 4.79. The minimum absolute atomic E-state index is 0.0670. The Hall–Kier alpha value is -1.22. The summed E-state index contributed by atoms with van der Waals surface area (Å²) in [6.07, 6.45) is 4.72. The highest BCUT2D eigenvalue weighted by Crippen LogP contribution is 2.30. The van der Waals surface area contributed by atoms with E-state index in [1.54, 1.807) is 11.3 Å². The second-order valence-electron chi connectivity index (χ2n) is 6.70. The normalized spacial score (nSPS) is 12.7. The smallest absolute Gasteiger partial charge is 0.0981 e. The Kier molecular flexibility index (Phi) is 3.77. The molecule has 2 nitrogen and oxygen atoms in total. The highest BCUT2D eigenvalue weighted by Gasteiger charge is 2.24. The van der Waals surface area contributed by atoms with Crippen LogP contribution in [0.2, 0.25) is 0 Å². The van der Waals surface area contributed by atoms with E-state index in [0.717, 1.165) is 6.42 Å². The van der Waals surface area contributed by atoms with E-state index in [1.165, 1.54) is 16.3 Å². The van der Waals surface area contributed by atoms with Gasteiger partial charge in [-0.2, -0.15) is 0 Å². The van der Waals surface area contributed by atoms with Gasteiger partial charge in [0, 0.05) is 23.2 Å². The molecule has 0 bridgehead atoms. The first-order valence-corrected chi connectivity index (χ1v) is 7.52. The molecule has 3 heteroatoms. The van der Waals surface area contributed by atoms with Crippen molar-refractivity contribution in [2.24, 2.45) is 0 Å². The standard InChI is InChI=1S/C16H22N2S/c1-15(2,3)14-18-13(11-19-14)9-16(4,5)12-7-6-8-17-10-12/h6-8,10-11H,9H2,1-5H3. The Morgan fingerprint density at radius 1 is 1.16 bits per heavy atom. The summed E-state index contributed by atoms with van der Waals surface area (Å²) in [5.41, 5.74) is 2.66. The molecule has 0 fully saturated rings. The Morgan fingerprint density at radius 3 is 2.42 bits per heavy atom. The van der Waals surface area contributed by atoms with Crippen molar-refractivity contribution < 1.29 is 0 Å². The number of aromatic nitrogens is 2. The molecule has 0 aliphatic carbocycles. The van der Waals surface area contributed by atoms with Crippen LogP contribution in [0.5, 0.6) is 0 Å². The number of nitrogens with zero attached hydrogens (tertiary/aromatic N) is 2. The molecule has 2 aromatic heterocycles. The first kappa shape index (κ1) is 14.2. The second kappa shape index (κ2) is 5.04. The zero-order chi connectivity index (χ0) is 14.1. The van der Waals surface area contributed by atoms with E-state index in [9.17, 15) is 0 Å². The monoisotopic (exact) mass is 274 g/mol. The summed E-state index contributed by atoms with van der Waals surface area (Å²) < 4.78 is 0. The lowest BCUT2D eigenvalue weighted by Crippen LogP contribution is -2.21. The quantitative estimate of drug-likeness (QED) is 0.831. The molecule has 0 aromatic carbocycles. The molecule has 102 valence electrons. The number of thiazole rings is 1. The highest BCUT2D eigenvalue weighted by atomic mass is 32.1. The van der Waals surface area contributed by atoms with Gasteiger partial charge in [0.15, 0.2) is 0 Å². The molecule has 19 heavy (non-hydrogen) atoms. The first-order chi connectivity index (χ1) is 8.79. The number of pyridine rings is 1. The lowest BCUT2D eigenvalue weighted by Gasteiger charge is -2.24. The van der Waals surface area contributed by atoms with E-state index >= 15 is 0 Å². The molecule has 2 aromatic rings. The van der Waals surface area contributed by atoms with Crippen LogP contribution in [0.15, 0.2) is 29.9 Å². The molecule has 2 rings (SSSR count). The molecule has 0 aliphatic rings. The van der Waals surface area contributed by atoms with Gasteiger partial charge in [-0.05, 0) is 23.5 Å². The molecule has 0 aliphatic heterocycles. The van der Waals surface area contributed by atoms with Gasteiger partial charge in [-0.1, -0.05) is 40.7 Å². The summed E-state index contributed by atoms with van der Waals surface area (Å²) in [7, 11) is 0. The van der Waals surface area contributed by atoms with Crippen molar-refractivity contribution in [1.29, 1.82) is 0 Å². The Morgan fingerprint density at radius 2 is 1.89 bits per heavy atom. The molecule has 0 unspecified atom stereocenters. The number of hydrogen-bond acceptors (Lipinski definition) is 3. The van der Waals surface area contributed by atoms with Gasteiger partial charge in [0.25, 0.3) is 0 Å². The van der Waals surface area contributed by atoms with E-state index in [2.05, 4.69) is 51.0 Å². The summed E-state index contributed by atoms with van der Waals surface area (Å²) in [6.45, 7) is 11.1. The zero-order valence-electron chi connectivity index (χ0n) is 12.4. The molecular weight excluding hydrogens is 252 g/mol. The van der Waals surface area contributed by atoms with Crippen LogP contribution in [0.4, 0.5) is 0 Å². The van der Waals surface area contributed by atoms with Crippen LogP contribution in [0.1, 0.15) is 50.9 Å². The second-order valence-corrected chi connectivity index (χ2v) is 7.55. The Balaban J connectivity index is 2.19. The molecule has 0 spiro atoms. The summed E-state index contributed by atoms with van der Waals surface area (Å²) in [5.74, 6) is 0. The summed E-state index contributed by atoms with van der Waals surface area (Å²) in [5, 5.41) is 3.41. The highest BCUT2D eigenvalue weighted by molar-refractivity contribution is 7.09. The van der Waals surface area contributed by atoms with Crippen molar-refractivity contribution in [2.45, 2.75) is 51.9 Å². The first-order valence-electron chi connectivity index (χ1n) is 6.64. The maximum Gasteiger partial charge on any atom is 0.0981 e. The Labute approximate surface area is 119 Å². The molecular formula is C16H22N2S. The van der Waals surface area contributed by atoms with Gasteiger partial charge in [-0.25, -0.2) is 4.98 Å². The fraction of sp³-hybridized carbons (Fsp3) is 0.500. The van der Waals surface area contributed by atoms with Crippen LogP contribution in [0.25, 0.3) is 0 Å². The molecule has 2 heterocycles. The zero-order valence-corrected chi connectivity index (χ0v) is 13.2. The van der Waals surface area contributed by atoms with Crippen LogP contribution in [0, 0.1) is 0 Å². The van der Waals surface area contributed by atoms with Crippen LogP contribution in [-0.4, -0.2) is 9.97 Å². The summed E-state index contributed by atoms with van der Waals surface area (Å²) >= 11 is 1.77. The molecule has 0 amide bonds. The molecule has 0 saturated carbocycles. The topological polar surface area (TPSA) is 25.8 Å². The average molecular weight is 274 g/mol. The van der Waals surface area contributed by atoms with E-state index in [1.807, 2.05) is 18.5 Å². The molecule has 0 saturated heterocycles. The fourth-order valence-electron chi connectivity index (χ4n) is 2.05. The van der Waals surface area contributed by atoms with Crippen molar-refractivity contribution in [2.75, 3.05) is 0 Å². The van der Waals surface area contributed by atoms with Crippen molar-refractivity contribution >= 4 is 11.3 Å². The third-order valence-corrected chi connectivity index (χ3v) is 4.58. The SMILES string of the molecule is CC(C)(C)c1nc(CC(C)(C)c2cccnc2)cs1. The van der Waals surface area contributed by atoms with Crippen LogP contribution in [0.3, 0.4) is 0 Å². The van der Waals surface area contributed by atoms with Crippen LogP contribution in [-0.2, 0) is 17.3 Å². The minimum atomic E-state index is 0.0670. The van der Waals surface area contributed by atoms with E-state index in [0.29, 0.717) is 0 Å². The minimum Gasteiger partial charge on any atom is -0.264 e. The lowest BCUT2D eigenvalue weighted by atomic mass is 9.81. The van der Waals surface area contributed by atoms with Crippen molar-refractivity contribution in [3.8, 4) is 0 Å².